The number of aliphatic hydroxyl groups excluding tert-OH is 7. The summed E-state index contributed by atoms with van der Waals surface area (Å²) in [5.41, 5.74) is 0. The molecule has 0 aromatic carbocycles. The second kappa shape index (κ2) is 32.3. The Bertz CT molecular complexity index is 1040. The highest BCUT2D eigenvalue weighted by atomic mass is 16.7. The fourth-order valence-corrected chi connectivity index (χ4v) is 6.72. The SMILES string of the molecule is CCCC/C=C\CCCCCCCCOCC(COC1OC(COC2OC(CO)C(O)C(O)C2O)C(O)C(O)C1O)OC(=O)CCCCCCC/C=C\CCCC. The van der Waals surface area contributed by atoms with Gasteiger partial charge < -0.3 is 64.2 Å². The van der Waals surface area contributed by atoms with Crippen molar-refractivity contribution in [3.05, 3.63) is 24.3 Å². The molecule has 0 aromatic heterocycles. The molecule has 11 atom stereocenters. The summed E-state index contributed by atoms with van der Waals surface area (Å²) >= 11 is 0. The Morgan fingerprint density at radius 1 is 0.561 bits per heavy atom. The normalized spacial score (nSPS) is 28.7. The van der Waals surface area contributed by atoms with Gasteiger partial charge in [-0.05, 0) is 51.4 Å². The Balaban J connectivity index is 1.84. The number of rotatable bonds is 33. The van der Waals surface area contributed by atoms with Crippen molar-refractivity contribution in [2.24, 2.45) is 0 Å². The highest BCUT2D eigenvalue weighted by Gasteiger charge is 2.47. The number of hydrogen-bond acceptors (Lipinski definition) is 14. The number of carbonyl (C=O) groups excluding carboxylic acids is 1. The van der Waals surface area contributed by atoms with Gasteiger partial charge in [0.2, 0.25) is 0 Å². The van der Waals surface area contributed by atoms with Gasteiger partial charge in [-0.25, -0.2) is 0 Å². The second-order valence-electron chi connectivity index (χ2n) is 15.5. The molecule has 2 saturated heterocycles. The second-order valence-corrected chi connectivity index (χ2v) is 15.5. The van der Waals surface area contributed by atoms with Gasteiger partial charge in [-0.15, -0.1) is 0 Å². The number of unbranched alkanes of at least 4 members (excludes halogenated alkanes) is 15. The molecule has 0 spiro atoms. The Hall–Kier alpha value is -1.53. The molecule has 0 radical (unpaired) electrons. The van der Waals surface area contributed by atoms with E-state index in [0.717, 1.165) is 70.6 Å². The standard InChI is InChI=1S/C43H78O14/c1-3-5-7-9-11-13-15-17-19-21-23-25-27-52-29-32(55-35(45)26-24-22-20-18-16-14-12-10-8-6-4-2)30-53-42-41(51)39(49)37(47)34(57-42)31-54-43-40(50)38(48)36(46)33(28-44)56-43/h9-12,32-34,36-44,46-51H,3-8,13-31H2,1-2H3/b11-9-,12-10-. The van der Waals surface area contributed by atoms with Gasteiger partial charge in [-0.3, -0.25) is 4.79 Å². The number of allylic oxidation sites excluding steroid dienone is 4. The third kappa shape index (κ3) is 21.5. The van der Waals surface area contributed by atoms with Crippen LogP contribution in [0.1, 0.15) is 142 Å². The van der Waals surface area contributed by atoms with Gasteiger partial charge in [0.15, 0.2) is 12.6 Å². The smallest absolute Gasteiger partial charge is 0.306 e. The molecule has 11 unspecified atom stereocenters. The first kappa shape index (κ1) is 51.6. The number of ether oxygens (including phenoxy) is 6. The quantitative estimate of drug-likeness (QED) is 0.0276. The van der Waals surface area contributed by atoms with Crippen LogP contribution in [0.2, 0.25) is 0 Å². The summed E-state index contributed by atoms with van der Waals surface area (Å²) in [5, 5.41) is 71.8. The fourth-order valence-electron chi connectivity index (χ4n) is 6.72. The van der Waals surface area contributed by atoms with Crippen molar-refractivity contribution >= 4 is 5.97 Å². The number of esters is 1. The third-order valence-electron chi connectivity index (χ3n) is 10.4. The van der Waals surface area contributed by atoms with E-state index in [9.17, 15) is 40.5 Å². The molecule has 334 valence electrons. The maximum atomic E-state index is 12.9. The molecular formula is C43H78O14. The number of hydrogen-bond donors (Lipinski definition) is 7. The lowest BCUT2D eigenvalue weighted by molar-refractivity contribution is -0.332. The average Bonchev–Trinajstić information content (AvgIpc) is 3.20. The van der Waals surface area contributed by atoms with Gasteiger partial charge in [-0.2, -0.15) is 0 Å². The maximum absolute atomic E-state index is 12.9. The Labute approximate surface area is 341 Å². The molecule has 0 bridgehead atoms. The summed E-state index contributed by atoms with van der Waals surface area (Å²) in [6, 6.07) is 0. The summed E-state index contributed by atoms with van der Waals surface area (Å²) in [6.45, 7) is 3.56. The zero-order chi connectivity index (χ0) is 41.7. The van der Waals surface area contributed by atoms with Crippen molar-refractivity contribution in [3.63, 3.8) is 0 Å². The van der Waals surface area contributed by atoms with Gasteiger partial charge >= 0.3 is 5.97 Å². The zero-order valence-electron chi connectivity index (χ0n) is 34.8. The van der Waals surface area contributed by atoms with Crippen LogP contribution < -0.4 is 0 Å². The molecule has 2 aliphatic rings. The third-order valence-corrected chi connectivity index (χ3v) is 10.4. The fraction of sp³-hybridized carbons (Fsp3) is 0.884. The van der Waals surface area contributed by atoms with Crippen molar-refractivity contribution in [3.8, 4) is 0 Å². The van der Waals surface area contributed by atoms with E-state index in [1.165, 1.54) is 44.9 Å². The van der Waals surface area contributed by atoms with Gasteiger partial charge in [0.25, 0.3) is 0 Å². The van der Waals surface area contributed by atoms with E-state index in [2.05, 4.69) is 38.2 Å². The van der Waals surface area contributed by atoms with Gasteiger partial charge in [0, 0.05) is 13.0 Å². The molecule has 2 heterocycles. The van der Waals surface area contributed by atoms with E-state index in [1.54, 1.807) is 0 Å². The number of carbonyl (C=O) groups is 1. The van der Waals surface area contributed by atoms with Gasteiger partial charge in [-0.1, -0.05) is 109 Å². The minimum absolute atomic E-state index is 0.0551. The largest absolute Gasteiger partial charge is 0.457 e. The summed E-state index contributed by atoms with van der Waals surface area (Å²) in [6.07, 6.45) is 14.0. The van der Waals surface area contributed by atoms with E-state index < -0.39 is 86.7 Å². The van der Waals surface area contributed by atoms with Crippen LogP contribution >= 0.6 is 0 Å². The van der Waals surface area contributed by atoms with E-state index in [4.69, 9.17) is 28.4 Å². The molecule has 2 aliphatic heterocycles. The Morgan fingerprint density at radius 3 is 1.60 bits per heavy atom. The minimum Gasteiger partial charge on any atom is -0.457 e. The molecule has 2 rings (SSSR count). The van der Waals surface area contributed by atoms with Gasteiger partial charge in [0.1, 0.15) is 54.9 Å². The summed E-state index contributed by atoms with van der Waals surface area (Å²) < 4.78 is 34.1. The highest BCUT2D eigenvalue weighted by Crippen LogP contribution is 2.26. The topological polar surface area (TPSA) is 214 Å². The first-order valence-corrected chi connectivity index (χ1v) is 21.9. The molecule has 0 saturated carbocycles. The van der Waals surface area contributed by atoms with Crippen molar-refractivity contribution in [2.75, 3.05) is 33.0 Å². The van der Waals surface area contributed by atoms with Gasteiger partial charge in [0.05, 0.1) is 26.4 Å². The van der Waals surface area contributed by atoms with Crippen molar-refractivity contribution < 1.29 is 69.0 Å². The molecule has 57 heavy (non-hydrogen) atoms. The highest BCUT2D eigenvalue weighted by molar-refractivity contribution is 5.69. The van der Waals surface area contributed by atoms with Crippen LogP contribution in [0.15, 0.2) is 24.3 Å². The monoisotopic (exact) mass is 819 g/mol. The van der Waals surface area contributed by atoms with Crippen LogP contribution in [0.3, 0.4) is 0 Å². The molecular weight excluding hydrogens is 740 g/mol. The Kier molecular flexibility index (Phi) is 29.2. The predicted octanol–water partition coefficient (Wildman–Crippen LogP) is 4.51. The molecule has 0 aromatic rings. The van der Waals surface area contributed by atoms with Crippen LogP contribution in [0, 0.1) is 0 Å². The van der Waals surface area contributed by atoms with E-state index in [1.807, 2.05) is 0 Å². The van der Waals surface area contributed by atoms with Crippen molar-refractivity contribution in [1.29, 1.82) is 0 Å². The predicted molar refractivity (Wildman–Crippen MR) is 215 cm³/mol. The molecule has 14 heteroatoms. The van der Waals surface area contributed by atoms with Crippen LogP contribution in [0.4, 0.5) is 0 Å². The molecule has 0 amide bonds. The zero-order valence-corrected chi connectivity index (χ0v) is 34.8. The minimum atomic E-state index is -1.70. The number of aliphatic hydroxyl groups is 7. The molecule has 14 nitrogen and oxygen atoms in total. The summed E-state index contributed by atoms with van der Waals surface area (Å²) in [5.74, 6) is -0.391. The van der Waals surface area contributed by atoms with Crippen LogP contribution in [0.25, 0.3) is 0 Å². The first-order chi connectivity index (χ1) is 27.6. The van der Waals surface area contributed by atoms with E-state index in [0.29, 0.717) is 13.0 Å². The lowest BCUT2D eigenvalue weighted by Crippen LogP contribution is -2.61. The summed E-state index contributed by atoms with van der Waals surface area (Å²) in [4.78, 5) is 12.9. The summed E-state index contributed by atoms with van der Waals surface area (Å²) in [7, 11) is 0. The van der Waals surface area contributed by atoms with Crippen LogP contribution in [0.5, 0.6) is 0 Å². The van der Waals surface area contributed by atoms with Crippen molar-refractivity contribution in [1.82, 2.24) is 0 Å². The average molecular weight is 819 g/mol. The maximum Gasteiger partial charge on any atom is 0.306 e. The Morgan fingerprint density at radius 2 is 1.04 bits per heavy atom. The molecule has 7 N–H and O–H groups in total. The lowest BCUT2D eigenvalue weighted by atomic mass is 9.98. The van der Waals surface area contributed by atoms with Crippen LogP contribution in [-0.4, -0.2) is 142 Å². The lowest BCUT2D eigenvalue weighted by Gasteiger charge is -2.42. The molecule has 0 aliphatic carbocycles. The first-order valence-electron chi connectivity index (χ1n) is 21.9. The van der Waals surface area contributed by atoms with Crippen molar-refractivity contribution in [2.45, 2.75) is 210 Å². The molecule has 2 fully saturated rings. The van der Waals surface area contributed by atoms with E-state index in [-0.39, 0.29) is 19.6 Å². The van der Waals surface area contributed by atoms with E-state index >= 15 is 0 Å². The van der Waals surface area contributed by atoms with Crippen LogP contribution in [-0.2, 0) is 33.2 Å².